The molecule has 0 fully saturated rings. The number of hydrogen-bond acceptors (Lipinski definition) is 5. The van der Waals surface area contributed by atoms with Crippen LogP contribution in [-0.4, -0.2) is 32.2 Å². The van der Waals surface area contributed by atoms with E-state index in [-0.39, 0.29) is 17.6 Å². The Kier molecular flexibility index (Phi) is 6.23. The van der Waals surface area contributed by atoms with Crippen LogP contribution >= 0.6 is 11.8 Å². The topological polar surface area (TPSA) is 88.4 Å². The fraction of sp³-hybridized carbons (Fsp3) is 0.167. The number of carbonyl (C=O) groups excluding carboxylic acids is 2. The number of rotatable bonds is 6. The molecule has 0 bridgehead atoms. The van der Waals surface area contributed by atoms with Crippen molar-refractivity contribution in [2.45, 2.75) is 25.9 Å². The van der Waals surface area contributed by atoms with Crippen LogP contribution in [0.1, 0.15) is 27.0 Å². The SMILES string of the molecule is Cc1ccc(NC(=O)c2ccc3nnc(SCC(=O)Nc4ccc(C)cc4C)n3c2)cc1. The number of fused-ring (bicyclic) bond motifs is 1. The first-order valence-electron chi connectivity index (χ1n) is 10.1. The van der Waals surface area contributed by atoms with E-state index >= 15 is 0 Å². The largest absolute Gasteiger partial charge is 0.325 e. The van der Waals surface area contributed by atoms with Crippen LogP contribution in [0.15, 0.2) is 66.0 Å². The average Bonchev–Trinajstić information content (AvgIpc) is 3.18. The van der Waals surface area contributed by atoms with Gasteiger partial charge in [-0.25, -0.2) is 0 Å². The summed E-state index contributed by atoms with van der Waals surface area (Å²) in [5.41, 5.74) is 5.88. The van der Waals surface area contributed by atoms with Crippen LogP contribution in [-0.2, 0) is 4.79 Å². The summed E-state index contributed by atoms with van der Waals surface area (Å²) < 4.78 is 1.72. The van der Waals surface area contributed by atoms with Crippen LogP contribution in [0.4, 0.5) is 11.4 Å². The molecule has 2 aromatic carbocycles. The lowest BCUT2D eigenvalue weighted by Crippen LogP contribution is -2.15. The minimum absolute atomic E-state index is 0.132. The Morgan fingerprint density at radius 1 is 0.906 bits per heavy atom. The van der Waals surface area contributed by atoms with Gasteiger partial charge in [-0.05, 0) is 56.7 Å². The second-order valence-electron chi connectivity index (χ2n) is 7.60. The van der Waals surface area contributed by atoms with Gasteiger partial charge in [-0.3, -0.25) is 14.0 Å². The predicted octanol–water partition coefficient (Wildman–Crippen LogP) is 4.64. The molecule has 2 aromatic heterocycles. The second kappa shape index (κ2) is 9.23. The van der Waals surface area contributed by atoms with Crippen LogP contribution in [0.25, 0.3) is 5.65 Å². The van der Waals surface area contributed by atoms with E-state index in [1.807, 2.05) is 63.2 Å². The number of hydrogen-bond donors (Lipinski definition) is 2. The second-order valence-corrected chi connectivity index (χ2v) is 8.55. The first kappa shape index (κ1) is 21.6. The molecule has 0 aliphatic heterocycles. The molecule has 2 N–H and O–H groups in total. The molecule has 0 saturated carbocycles. The third-order valence-electron chi connectivity index (χ3n) is 4.93. The Morgan fingerprint density at radius 3 is 2.41 bits per heavy atom. The number of nitrogens with one attached hydrogen (secondary N) is 2. The molecule has 0 aliphatic carbocycles. The van der Waals surface area contributed by atoms with Gasteiger partial charge in [-0.1, -0.05) is 47.2 Å². The van der Waals surface area contributed by atoms with E-state index in [1.165, 1.54) is 11.8 Å². The summed E-state index contributed by atoms with van der Waals surface area (Å²) >= 11 is 1.26. The van der Waals surface area contributed by atoms with Crippen molar-refractivity contribution in [2.24, 2.45) is 0 Å². The maximum Gasteiger partial charge on any atom is 0.257 e. The molecule has 0 aliphatic rings. The van der Waals surface area contributed by atoms with E-state index < -0.39 is 0 Å². The van der Waals surface area contributed by atoms with Crippen molar-refractivity contribution in [1.29, 1.82) is 0 Å². The van der Waals surface area contributed by atoms with Gasteiger partial charge in [-0.15, -0.1) is 10.2 Å². The van der Waals surface area contributed by atoms with Crippen molar-refractivity contribution in [2.75, 3.05) is 16.4 Å². The summed E-state index contributed by atoms with van der Waals surface area (Å²) in [6.45, 7) is 5.97. The van der Waals surface area contributed by atoms with E-state index in [9.17, 15) is 9.59 Å². The molecular formula is C24H23N5O2S. The quantitative estimate of drug-likeness (QED) is 0.422. The number of thioether (sulfide) groups is 1. The van der Waals surface area contributed by atoms with E-state index in [4.69, 9.17) is 0 Å². The lowest BCUT2D eigenvalue weighted by atomic mass is 10.1. The number of aryl methyl sites for hydroxylation is 3. The van der Waals surface area contributed by atoms with E-state index in [2.05, 4.69) is 20.8 Å². The molecule has 4 rings (SSSR count). The lowest BCUT2D eigenvalue weighted by molar-refractivity contribution is -0.113. The molecule has 32 heavy (non-hydrogen) atoms. The molecule has 0 unspecified atom stereocenters. The highest BCUT2D eigenvalue weighted by atomic mass is 32.2. The lowest BCUT2D eigenvalue weighted by Gasteiger charge is -2.09. The summed E-state index contributed by atoms with van der Waals surface area (Å²) in [4.78, 5) is 25.1. The highest BCUT2D eigenvalue weighted by Crippen LogP contribution is 2.20. The highest BCUT2D eigenvalue weighted by Gasteiger charge is 2.13. The number of aromatic nitrogens is 3. The number of benzene rings is 2. The number of anilines is 2. The van der Waals surface area contributed by atoms with E-state index in [0.717, 1.165) is 28.1 Å². The number of carbonyl (C=O) groups is 2. The molecule has 7 nitrogen and oxygen atoms in total. The minimum atomic E-state index is -0.229. The molecular weight excluding hydrogens is 422 g/mol. The summed E-state index contributed by atoms with van der Waals surface area (Å²) in [5.74, 6) is -0.187. The fourth-order valence-electron chi connectivity index (χ4n) is 3.21. The maximum atomic E-state index is 12.7. The summed E-state index contributed by atoms with van der Waals surface area (Å²) in [7, 11) is 0. The first-order valence-corrected chi connectivity index (χ1v) is 11.1. The molecule has 2 amide bonds. The van der Waals surface area contributed by atoms with Crippen molar-refractivity contribution in [3.8, 4) is 0 Å². The van der Waals surface area contributed by atoms with Crippen LogP contribution in [0, 0.1) is 20.8 Å². The zero-order chi connectivity index (χ0) is 22.7. The Hall–Kier alpha value is -3.65. The summed E-state index contributed by atoms with van der Waals surface area (Å²) in [6, 6.07) is 16.9. The van der Waals surface area contributed by atoms with Crippen molar-refractivity contribution >= 4 is 40.6 Å². The molecule has 0 saturated heterocycles. The van der Waals surface area contributed by atoms with Crippen molar-refractivity contribution in [3.05, 3.63) is 83.0 Å². The Labute approximate surface area is 190 Å². The zero-order valence-corrected chi connectivity index (χ0v) is 18.9. The van der Waals surface area contributed by atoms with Crippen LogP contribution < -0.4 is 10.6 Å². The number of nitrogens with zero attached hydrogens (tertiary/aromatic N) is 3. The van der Waals surface area contributed by atoms with Crippen molar-refractivity contribution < 1.29 is 9.59 Å². The number of amides is 2. The average molecular weight is 446 g/mol. The van der Waals surface area contributed by atoms with Gasteiger partial charge < -0.3 is 10.6 Å². The summed E-state index contributed by atoms with van der Waals surface area (Å²) in [6.07, 6.45) is 1.68. The van der Waals surface area contributed by atoms with Crippen molar-refractivity contribution in [3.63, 3.8) is 0 Å². The predicted molar refractivity (Wildman–Crippen MR) is 127 cm³/mol. The summed E-state index contributed by atoms with van der Waals surface area (Å²) in [5, 5.41) is 14.6. The van der Waals surface area contributed by atoms with Crippen LogP contribution in [0.3, 0.4) is 0 Å². The molecule has 2 heterocycles. The molecule has 4 aromatic rings. The van der Waals surface area contributed by atoms with Gasteiger partial charge in [0.2, 0.25) is 5.91 Å². The third kappa shape index (κ3) is 4.97. The standard InChI is InChI=1S/C24H23N5O2S/c1-15-4-8-19(9-5-15)25-23(31)18-7-11-21-27-28-24(29(21)13-18)32-14-22(30)26-20-10-6-16(2)12-17(20)3/h4-13H,14H2,1-3H3,(H,25,31)(H,26,30). The molecule has 8 heteroatoms. The van der Waals surface area contributed by atoms with Gasteiger partial charge in [0.15, 0.2) is 10.8 Å². The van der Waals surface area contributed by atoms with E-state index in [0.29, 0.717) is 16.4 Å². The fourth-order valence-corrected chi connectivity index (χ4v) is 3.93. The monoisotopic (exact) mass is 445 g/mol. The minimum Gasteiger partial charge on any atom is -0.325 e. The highest BCUT2D eigenvalue weighted by molar-refractivity contribution is 7.99. The van der Waals surface area contributed by atoms with Gasteiger partial charge >= 0.3 is 0 Å². The Bertz CT molecular complexity index is 1300. The van der Waals surface area contributed by atoms with Gasteiger partial charge in [0.25, 0.3) is 5.91 Å². The van der Waals surface area contributed by atoms with Crippen molar-refractivity contribution in [1.82, 2.24) is 14.6 Å². The van der Waals surface area contributed by atoms with Gasteiger partial charge in [0, 0.05) is 17.6 Å². The third-order valence-corrected chi connectivity index (χ3v) is 5.87. The molecule has 162 valence electrons. The van der Waals surface area contributed by atoms with E-state index in [1.54, 1.807) is 22.7 Å². The van der Waals surface area contributed by atoms with Gasteiger partial charge in [0.1, 0.15) is 0 Å². The van der Waals surface area contributed by atoms with Gasteiger partial charge in [-0.2, -0.15) is 0 Å². The molecule has 0 atom stereocenters. The number of pyridine rings is 1. The zero-order valence-electron chi connectivity index (χ0n) is 18.0. The Morgan fingerprint density at radius 2 is 1.66 bits per heavy atom. The van der Waals surface area contributed by atoms with Crippen LogP contribution in [0.2, 0.25) is 0 Å². The van der Waals surface area contributed by atoms with Crippen LogP contribution in [0.5, 0.6) is 0 Å². The van der Waals surface area contributed by atoms with Gasteiger partial charge in [0.05, 0.1) is 11.3 Å². The molecule has 0 spiro atoms. The smallest absolute Gasteiger partial charge is 0.257 e. The normalized spacial score (nSPS) is 10.8. The molecule has 0 radical (unpaired) electrons. The first-order chi connectivity index (χ1) is 15.4. The maximum absolute atomic E-state index is 12.7. The Balaban J connectivity index is 1.44.